The third-order valence-corrected chi connectivity index (χ3v) is 7.11. The molecule has 0 radical (unpaired) electrons. The van der Waals surface area contributed by atoms with Crippen LogP contribution >= 0.6 is 23.2 Å². The summed E-state index contributed by atoms with van der Waals surface area (Å²) in [6, 6.07) is 9.47. The summed E-state index contributed by atoms with van der Waals surface area (Å²) in [5, 5.41) is 12.0. The number of amides is 1. The highest BCUT2D eigenvalue weighted by Gasteiger charge is 2.46. The van der Waals surface area contributed by atoms with Gasteiger partial charge in [0.2, 0.25) is 0 Å². The molecule has 1 atom stereocenters. The summed E-state index contributed by atoms with van der Waals surface area (Å²) in [4.78, 5) is 30.1. The van der Waals surface area contributed by atoms with Crippen LogP contribution in [0.3, 0.4) is 0 Å². The monoisotopic (exact) mass is 532 g/mol. The molecule has 2 aromatic rings. The average molecular weight is 533 g/mol. The van der Waals surface area contributed by atoms with E-state index >= 15 is 0 Å². The van der Waals surface area contributed by atoms with Gasteiger partial charge in [-0.05, 0) is 67.4 Å². The lowest BCUT2D eigenvalue weighted by Gasteiger charge is -2.28. The molecule has 36 heavy (non-hydrogen) atoms. The molecule has 8 heteroatoms. The largest absolute Gasteiger partial charge is 0.507 e. The van der Waals surface area contributed by atoms with Gasteiger partial charge in [-0.1, -0.05) is 57.0 Å². The number of carbonyl (C=O) groups excluding carboxylic acids is 2. The Morgan fingerprint density at radius 2 is 1.78 bits per heavy atom. The summed E-state index contributed by atoms with van der Waals surface area (Å²) >= 11 is 12.4. The van der Waals surface area contributed by atoms with Crippen molar-refractivity contribution in [2.45, 2.75) is 40.7 Å². The van der Waals surface area contributed by atoms with Gasteiger partial charge in [-0.15, -0.1) is 0 Å². The highest BCUT2D eigenvalue weighted by atomic mass is 35.5. The molecule has 1 heterocycles. The Balaban J connectivity index is 2.08. The minimum Gasteiger partial charge on any atom is -0.507 e. The lowest BCUT2D eigenvalue weighted by atomic mass is 9.94. The number of Topliss-reactive ketones (excluding diaryl/α,β-unsaturated/α-hetero) is 1. The molecule has 0 aromatic heterocycles. The Labute approximate surface area is 223 Å². The van der Waals surface area contributed by atoms with Crippen LogP contribution in [0, 0.1) is 12.8 Å². The fourth-order valence-corrected chi connectivity index (χ4v) is 4.61. The number of aryl methyl sites for hydroxylation is 1. The molecule has 1 aliphatic rings. The van der Waals surface area contributed by atoms with Gasteiger partial charge in [0, 0.05) is 18.7 Å². The van der Waals surface area contributed by atoms with Crippen molar-refractivity contribution in [2.75, 3.05) is 32.8 Å². The number of aliphatic hydroxyl groups excluding tert-OH is 1. The Morgan fingerprint density at radius 3 is 2.36 bits per heavy atom. The number of hydrogen-bond donors (Lipinski definition) is 1. The van der Waals surface area contributed by atoms with Crippen molar-refractivity contribution >= 4 is 40.7 Å². The van der Waals surface area contributed by atoms with Crippen LogP contribution in [-0.2, 0) is 9.59 Å². The molecule has 1 N–H and O–H groups in total. The molecule has 0 unspecified atom stereocenters. The molecule has 0 bridgehead atoms. The van der Waals surface area contributed by atoms with Gasteiger partial charge in [0.15, 0.2) is 0 Å². The molecule has 1 aliphatic heterocycles. The van der Waals surface area contributed by atoms with E-state index in [2.05, 4.69) is 18.7 Å². The molecule has 1 amide bonds. The zero-order valence-electron chi connectivity index (χ0n) is 21.5. The number of likely N-dealkylation sites (N-methyl/N-ethyl adjacent to an activating group) is 1. The van der Waals surface area contributed by atoms with Crippen LogP contribution in [0.4, 0.5) is 0 Å². The number of benzene rings is 2. The van der Waals surface area contributed by atoms with Crippen LogP contribution in [0.2, 0.25) is 10.0 Å². The van der Waals surface area contributed by atoms with E-state index in [0.717, 1.165) is 18.7 Å². The normalized spacial score (nSPS) is 17.5. The fourth-order valence-electron chi connectivity index (χ4n) is 4.30. The maximum atomic E-state index is 13.3. The second-order valence-corrected chi connectivity index (χ2v) is 10.2. The maximum Gasteiger partial charge on any atom is 0.295 e. The predicted molar refractivity (Wildman–Crippen MR) is 145 cm³/mol. The van der Waals surface area contributed by atoms with Gasteiger partial charge >= 0.3 is 0 Å². The van der Waals surface area contributed by atoms with Gasteiger partial charge in [-0.2, -0.15) is 0 Å². The Hall–Kier alpha value is -2.54. The third-order valence-electron chi connectivity index (χ3n) is 6.37. The van der Waals surface area contributed by atoms with Crippen molar-refractivity contribution < 1.29 is 19.4 Å². The molecule has 0 spiro atoms. The molecule has 1 saturated heterocycles. The quantitative estimate of drug-likeness (QED) is 0.227. The highest BCUT2D eigenvalue weighted by Crippen LogP contribution is 2.41. The van der Waals surface area contributed by atoms with Crippen molar-refractivity contribution in [3.05, 3.63) is 68.7 Å². The summed E-state index contributed by atoms with van der Waals surface area (Å²) in [5.41, 5.74) is 1.91. The van der Waals surface area contributed by atoms with E-state index in [1.807, 2.05) is 20.8 Å². The first kappa shape index (κ1) is 28.0. The predicted octanol–water partition coefficient (Wildman–Crippen LogP) is 6.10. The number of aliphatic hydroxyl groups is 1. The van der Waals surface area contributed by atoms with Crippen LogP contribution in [0.1, 0.15) is 50.4 Å². The number of carbonyl (C=O) groups is 2. The van der Waals surface area contributed by atoms with Crippen LogP contribution in [0.5, 0.6) is 5.75 Å². The molecular formula is C28H34Cl2N2O4. The highest BCUT2D eigenvalue weighted by molar-refractivity contribution is 6.46. The standard InChI is InChI=1S/C28H34Cl2N2O4/c1-6-31(7-2)12-13-32-25(19-8-10-21(29)22(30)15-19)24(27(34)28(32)35)26(33)20-9-11-23(18(5)14-20)36-16-17(3)4/h8-11,14-15,17,25,33H,6-7,12-13,16H2,1-5H3/b26-24+/t25-/m0/s1. The summed E-state index contributed by atoms with van der Waals surface area (Å²) in [5.74, 6) is -0.514. The smallest absolute Gasteiger partial charge is 0.295 e. The minimum atomic E-state index is -0.785. The first-order chi connectivity index (χ1) is 17.1. The molecule has 0 aliphatic carbocycles. The lowest BCUT2D eigenvalue weighted by molar-refractivity contribution is -0.140. The van der Waals surface area contributed by atoms with Crippen LogP contribution in [0.15, 0.2) is 42.0 Å². The van der Waals surface area contributed by atoms with Crippen LogP contribution in [-0.4, -0.2) is 59.4 Å². The van der Waals surface area contributed by atoms with E-state index in [4.69, 9.17) is 27.9 Å². The summed E-state index contributed by atoms with van der Waals surface area (Å²) < 4.78 is 5.85. The van der Waals surface area contributed by atoms with E-state index in [1.165, 1.54) is 4.90 Å². The van der Waals surface area contributed by atoms with E-state index < -0.39 is 17.7 Å². The van der Waals surface area contributed by atoms with Crippen molar-refractivity contribution in [3.63, 3.8) is 0 Å². The van der Waals surface area contributed by atoms with Gasteiger partial charge in [0.1, 0.15) is 11.5 Å². The molecular weight excluding hydrogens is 499 g/mol. The number of ketones is 1. The van der Waals surface area contributed by atoms with Crippen molar-refractivity contribution in [1.29, 1.82) is 0 Å². The van der Waals surface area contributed by atoms with Crippen LogP contribution in [0.25, 0.3) is 5.76 Å². The van der Waals surface area contributed by atoms with Gasteiger partial charge < -0.3 is 19.6 Å². The van der Waals surface area contributed by atoms with Gasteiger partial charge in [0.05, 0.1) is 28.3 Å². The molecule has 194 valence electrons. The Morgan fingerprint density at radius 1 is 1.08 bits per heavy atom. The molecule has 1 fully saturated rings. The minimum absolute atomic E-state index is 0.0354. The topological polar surface area (TPSA) is 70.1 Å². The Kier molecular flexibility index (Phi) is 9.45. The SMILES string of the molecule is CCN(CC)CCN1C(=O)C(=O)/C(=C(/O)c2ccc(OCC(C)C)c(C)c2)[C@@H]1c1ccc(Cl)c(Cl)c1. The average Bonchev–Trinajstić information content (AvgIpc) is 3.10. The van der Waals surface area contributed by atoms with Crippen molar-refractivity contribution in [3.8, 4) is 5.75 Å². The fraction of sp³-hybridized carbons (Fsp3) is 0.429. The van der Waals surface area contributed by atoms with Gasteiger partial charge in [-0.3, -0.25) is 9.59 Å². The third kappa shape index (κ3) is 6.05. The summed E-state index contributed by atoms with van der Waals surface area (Å²) in [7, 11) is 0. The zero-order chi connectivity index (χ0) is 26.6. The molecule has 3 rings (SSSR count). The van der Waals surface area contributed by atoms with E-state index in [1.54, 1.807) is 36.4 Å². The number of hydrogen-bond acceptors (Lipinski definition) is 5. The molecule has 0 saturated carbocycles. The number of halogens is 2. The second kappa shape index (κ2) is 12.1. The number of ether oxygens (including phenoxy) is 1. The van der Waals surface area contributed by atoms with E-state index in [9.17, 15) is 14.7 Å². The molecule has 6 nitrogen and oxygen atoms in total. The van der Waals surface area contributed by atoms with Crippen molar-refractivity contribution in [2.24, 2.45) is 5.92 Å². The van der Waals surface area contributed by atoms with E-state index in [-0.39, 0.29) is 11.3 Å². The van der Waals surface area contributed by atoms with Crippen LogP contribution < -0.4 is 4.74 Å². The lowest BCUT2D eigenvalue weighted by Crippen LogP contribution is -2.38. The number of likely N-dealkylation sites (tertiary alicyclic amines) is 1. The first-order valence-corrected chi connectivity index (χ1v) is 13.0. The van der Waals surface area contributed by atoms with Gasteiger partial charge in [0.25, 0.3) is 11.7 Å². The number of nitrogens with zero attached hydrogens (tertiary/aromatic N) is 2. The second-order valence-electron chi connectivity index (χ2n) is 9.38. The van der Waals surface area contributed by atoms with Crippen molar-refractivity contribution in [1.82, 2.24) is 9.80 Å². The summed E-state index contributed by atoms with van der Waals surface area (Å²) in [6.45, 7) is 13.2. The zero-order valence-corrected chi connectivity index (χ0v) is 23.0. The first-order valence-electron chi connectivity index (χ1n) is 12.3. The maximum absolute atomic E-state index is 13.3. The molecule has 2 aromatic carbocycles. The Bertz CT molecular complexity index is 1160. The van der Waals surface area contributed by atoms with E-state index in [0.29, 0.717) is 52.5 Å². The van der Waals surface area contributed by atoms with Gasteiger partial charge in [-0.25, -0.2) is 0 Å². The number of rotatable bonds is 10. The summed E-state index contributed by atoms with van der Waals surface area (Å²) in [6.07, 6.45) is 0.